The first kappa shape index (κ1) is 15.9. The lowest BCUT2D eigenvalue weighted by atomic mass is 10.1. The molecule has 0 aliphatic heterocycles. The van der Waals surface area contributed by atoms with E-state index in [1.165, 1.54) is 31.2 Å². The average molecular weight is 289 g/mol. The highest BCUT2D eigenvalue weighted by Crippen LogP contribution is 2.18. The molecule has 1 aliphatic carbocycles. The van der Waals surface area contributed by atoms with Crippen LogP contribution in [0.1, 0.15) is 57.4 Å². The molecular formula is C18H27NO2. The fraction of sp³-hybridized carbons (Fsp3) is 0.611. The molecule has 0 saturated heterocycles. The normalized spacial score (nSPS) is 17.8. The van der Waals surface area contributed by atoms with Crippen LogP contribution < -0.4 is 10.1 Å². The molecule has 2 rings (SSSR count). The van der Waals surface area contributed by atoms with Crippen LogP contribution in [-0.2, 0) is 4.79 Å². The molecule has 0 radical (unpaired) electrons. The van der Waals surface area contributed by atoms with E-state index in [0.29, 0.717) is 12.5 Å². The summed E-state index contributed by atoms with van der Waals surface area (Å²) in [7, 11) is 0. The average Bonchev–Trinajstić information content (AvgIpc) is 2.75. The van der Waals surface area contributed by atoms with Gasteiger partial charge in [0.2, 0.25) is 0 Å². The second kappa shape index (κ2) is 8.06. The van der Waals surface area contributed by atoms with Crippen LogP contribution in [0.2, 0.25) is 0 Å². The summed E-state index contributed by atoms with van der Waals surface area (Å²) in [5, 5.41) is 3.18. The highest BCUT2D eigenvalue weighted by Gasteiger charge is 2.22. The summed E-state index contributed by atoms with van der Waals surface area (Å²) in [5.74, 6) is 0.799. The number of ether oxygens (including phenoxy) is 1. The lowest BCUT2D eigenvalue weighted by Crippen LogP contribution is -2.43. The molecule has 0 spiro atoms. The van der Waals surface area contributed by atoms with Crippen molar-refractivity contribution in [1.29, 1.82) is 0 Å². The maximum Gasteiger partial charge on any atom is 0.261 e. The van der Waals surface area contributed by atoms with Gasteiger partial charge in [0.05, 0.1) is 0 Å². The quantitative estimate of drug-likeness (QED) is 0.832. The number of nitrogens with one attached hydrogen (secondary N) is 1. The summed E-state index contributed by atoms with van der Waals surface area (Å²) < 4.78 is 5.84. The number of amides is 1. The van der Waals surface area contributed by atoms with E-state index in [1.54, 1.807) is 0 Å². The Kier molecular flexibility index (Phi) is 6.09. The predicted octanol–water partition coefficient (Wildman–Crippen LogP) is 3.99. The van der Waals surface area contributed by atoms with Crippen molar-refractivity contribution in [1.82, 2.24) is 5.32 Å². The monoisotopic (exact) mass is 289 g/mol. The summed E-state index contributed by atoms with van der Waals surface area (Å²) in [6.45, 7) is 4.03. The van der Waals surface area contributed by atoms with Crippen LogP contribution in [0.5, 0.6) is 5.75 Å². The summed E-state index contributed by atoms with van der Waals surface area (Å²) >= 11 is 0. The standard InChI is InChI=1S/C18H27NO2/c1-3-17(21-16-12-10-14(2)11-13-16)18(20)19-15-8-6-4-5-7-9-15/h10-13,15,17H,3-9H2,1-2H3,(H,19,20)/t17-/m1/s1. The van der Waals surface area contributed by atoms with Gasteiger partial charge in [-0.15, -0.1) is 0 Å². The van der Waals surface area contributed by atoms with E-state index in [9.17, 15) is 4.79 Å². The molecule has 0 heterocycles. The molecular weight excluding hydrogens is 262 g/mol. The number of benzene rings is 1. The number of carbonyl (C=O) groups excluding carboxylic acids is 1. The van der Waals surface area contributed by atoms with Gasteiger partial charge >= 0.3 is 0 Å². The SMILES string of the molecule is CC[C@@H](Oc1ccc(C)cc1)C(=O)NC1CCCCCC1. The van der Waals surface area contributed by atoms with E-state index in [2.05, 4.69) is 5.32 Å². The molecule has 0 unspecified atom stereocenters. The number of rotatable bonds is 5. The van der Waals surface area contributed by atoms with Gasteiger partial charge in [0.25, 0.3) is 5.91 Å². The summed E-state index contributed by atoms with van der Waals surface area (Å²) in [4.78, 5) is 12.4. The fourth-order valence-corrected chi connectivity index (χ4v) is 2.82. The van der Waals surface area contributed by atoms with Crippen molar-refractivity contribution in [3.05, 3.63) is 29.8 Å². The second-order valence-electron chi connectivity index (χ2n) is 6.02. The Morgan fingerprint density at radius 1 is 1.19 bits per heavy atom. The van der Waals surface area contributed by atoms with E-state index in [1.807, 2.05) is 38.1 Å². The van der Waals surface area contributed by atoms with Gasteiger partial charge in [0.15, 0.2) is 6.10 Å². The van der Waals surface area contributed by atoms with Crippen LogP contribution in [0.25, 0.3) is 0 Å². The van der Waals surface area contributed by atoms with Crippen molar-refractivity contribution in [3.63, 3.8) is 0 Å². The fourth-order valence-electron chi connectivity index (χ4n) is 2.82. The van der Waals surface area contributed by atoms with Crippen molar-refractivity contribution in [2.75, 3.05) is 0 Å². The molecule has 1 N–H and O–H groups in total. The van der Waals surface area contributed by atoms with Gasteiger partial charge in [0.1, 0.15) is 5.75 Å². The van der Waals surface area contributed by atoms with Crippen LogP contribution >= 0.6 is 0 Å². The lowest BCUT2D eigenvalue weighted by molar-refractivity contribution is -0.128. The molecule has 3 nitrogen and oxygen atoms in total. The zero-order chi connectivity index (χ0) is 15.1. The molecule has 1 saturated carbocycles. The van der Waals surface area contributed by atoms with Crippen molar-refractivity contribution >= 4 is 5.91 Å². The van der Waals surface area contributed by atoms with Gasteiger partial charge in [-0.2, -0.15) is 0 Å². The molecule has 1 atom stereocenters. The smallest absolute Gasteiger partial charge is 0.261 e. The molecule has 21 heavy (non-hydrogen) atoms. The number of carbonyl (C=O) groups is 1. The first-order valence-corrected chi connectivity index (χ1v) is 8.22. The maximum absolute atomic E-state index is 12.4. The zero-order valence-corrected chi connectivity index (χ0v) is 13.2. The van der Waals surface area contributed by atoms with Crippen molar-refractivity contribution in [2.24, 2.45) is 0 Å². The molecule has 1 aromatic carbocycles. The Morgan fingerprint density at radius 2 is 1.81 bits per heavy atom. The molecule has 1 aliphatic rings. The van der Waals surface area contributed by atoms with Gasteiger partial charge in [0, 0.05) is 6.04 Å². The van der Waals surface area contributed by atoms with Gasteiger partial charge in [-0.05, 0) is 38.3 Å². The highest BCUT2D eigenvalue weighted by atomic mass is 16.5. The van der Waals surface area contributed by atoms with Gasteiger partial charge in [-0.25, -0.2) is 0 Å². The highest BCUT2D eigenvalue weighted by molar-refractivity contribution is 5.81. The third-order valence-corrected chi connectivity index (χ3v) is 4.16. The zero-order valence-electron chi connectivity index (χ0n) is 13.2. The molecule has 3 heteroatoms. The Balaban J connectivity index is 1.89. The third-order valence-electron chi connectivity index (χ3n) is 4.16. The second-order valence-corrected chi connectivity index (χ2v) is 6.02. The molecule has 0 aromatic heterocycles. The topological polar surface area (TPSA) is 38.3 Å². The predicted molar refractivity (Wildman–Crippen MR) is 85.5 cm³/mol. The first-order chi connectivity index (χ1) is 10.2. The Bertz CT molecular complexity index is 433. The Morgan fingerprint density at radius 3 is 2.38 bits per heavy atom. The van der Waals surface area contributed by atoms with E-state index in [0.717, 1.165) is 18.6 Å². The van der Waals surface area contributed by atoms with Crippen LogP contribution in [0.3, 0.4) is 0 Å². The van der Waals surface area contributed by atoms with Crippen LogP contribution in [0, 0.1) is 6.92 Å². The number of hydrogen-bond acceptors (Lipinski definition) is 2. The van der Waals surface area contributed by atoms with Crippen LogP contribution in [-0.4, -0.2) is 18.1 Å². The molecule has 0 bridgehead atoms. The van der Waals surface area contributed by atoms with Gasteiger partial charge < -0.3 is 10.1 Å². The van der Waals surface area contributed by atoms with Crippen molar-refractivity contribution in [3.8, 4) is 5.75 Å². The summed E-state index contributed by atoms with van der Waals surface area (Å²) in [6, 6.07) is 8.19. The summed E-state index contributed by atoms with van der Waals surface area (Å²) in [6.07, 6.45) is 7.54. The van der Waals surface area contributed by atoms with Crippen LogP contribution in [0.15, 0.2) is 24.3 Å². The van der Waals surface area contributed by atoms with Gasteiger partial charge in [-0.1, -0.05) is 50.3 Å². The third kappa shape index (κ3) is 5.07. The molecule has 116 valence electrons. The molecule has 1 fully saturated rings. The van der Waals surface area contributed by atoms with E-state index in [4.69, 9.17) is 4.74 Å². The number of aryl methyl sites for hydroxylation is 1. The Labute approximate surface area is 128 Å². The van der Waals surface area contributed by atoms with Crippen molar-refractivity contribution < 1.29 is 9.53 Å². The number of hydrogen-bond donors (Lipinski definition) is 1. The van der Waals surface area contributed by atoms with E-state index >= 15 is 0 Å². The van der Waals surface area contributed by atoms with Crippen molar-refractivity contribution in [2.45, 2.75) is 70.9 Å². The molecule has 1 aromatic rings. The van der Waals surface area contributed by atoms with E-state index in [-0.39, 0.29) is 5.91 Å². The lowest BCUT2D eigenvalue weighted by Gasteiger charge is -2.22. The minimum atomic E-state index is -0.393. The Hall–Kier alpha value is -1.51. The minimum Gasteiger partial charge on any atom is -0.481 e. The maximum atomic E-state index is 12.4. The first-order valence-electron chi connectivity index (χ1n) is 8.22. The van der Waals surface area contributed by atoms with Gasteiger partial charge in [-0.3, -0.25) is 4.79 Å². The summed E-state index contributed by atoms with van der Waals surface area (Å²) in [5.41, 5.74) is 1.19. The van der Waals surface area contributed by atoms with Crippen LogP contribution in [0.4, 0.5) is 0 Å². The minimum absolute atomic E-state index is 0.0324. The largest absolute Gasteiger partial charge is 0.481 e. The van der Waals surface area contributed by atoms with E-state index < -0.39 is 6.10 Å². The molecule has 1 amide bonds.